The fourth-order valence-electron chi connectivity index (χ4n) is 1.57. The molecule has 0 unspecified atom stereocenters. The molecule has 1 aromatic carbocycles. The minimum Gasteiger partial charge on any atom is -0.370 e. The van der Waals surface area contributed by atoms with Crippen LogP contribution in [0.5, 0.6) is 0 Å². The largest absolute Gasteiger partial charge is 0.370 e. The lowest BCUT2D eigenvalue weighted by molar-refractivity contribution is 0.581. The molecule has 0 fully saturated rings. The molecular formula is C10H14N2O2S. The fourth-order valence-corrected chi connectivity index (χ4v) is 2.71. The first kappa shape index (κ1) is 10.4. The van der Waals surface area contributed by atoms with Crippen molar-refractivity contribution in [2.75, 3.05) is 12.0 Å². The lowest BCUT2D eigenvalue weighted by Gasteiger charge is -2.20. The van der Waals surface area contributed by atoms with Crippen LogP contribution < -0.4 is 10.0 Å². The predicted octanol–water partition coefficient (Wildman–Crippen LogP) is 1.47. The quantitative estimate of drug-likeness (QED) is 0.762. The van der Waals surface area contributed by atoms with Gasteiger partial charge in [-0.1, -0.05) is 19.9 Å². The van der Waals surface area contributed by atoms with Crippen molar-refractivity contribution < 1.29 is 8.42 Å². The Bertz CT molecular complexity index is 480. The van der Waals surface area contributed by atoms with Crippen LogP contribution in [0.3, 0.4) is 0 Å². The standard InChI is InChI=1S/C10H14N2O2S/c1-7(2)8-3-4-9-10(5-8)15(13,14)12-6-11-9/h3-5,7,11-12H,6H2,1-2H3. The molecule has 0 amide bonds. The van der Waals surface area contributed by atoms with Crippen molar-refractivity contribution in [2.45, 2.75) is 24.7 Å². The summed E-state index contributed by atoms with van der Waals surface area (Å²) < 4.78 is 25.8. The molecule has 82 valence electrons. The lowest BCUT2D eigenvalue weighted by atomic mass is 10.0. The number of hydrogen-bond acceptors (Lipinski definition) is 3. The third-order valence-corrected chi connectivity index (χ3v) is 3.94. The molecule has 0 bridgehead atoms. The zero-order chi connectivity index (χ0) is 11.1. The van der Waals surface area contributed by atoms with Gasteiger partial charge in [-0.05, 0) is 23.6 Å². The third-order valence-electron chi connectivity index (χ3n) is 2.50. The Hall–Kier alpha value is -1.07. The van der Waals surface area contributed by atoms with Gasteiger partial charge >= 0.3 is 0 Å². The summed E-state index contributed by atoms with van der Waals surface area (Å²) in [5.41, 5.74) is 1.71. The molecule has 1 heterocycles. The highest BCUT2D eigenvalue weighted by atomic mass is 32.2. The van der Waals surface area contributed by atoms with Gasteiger partial charge in [-0.25, -0.2) is 8.42 Å². The Balaban J connectivity index is 2.59. The molecule has 15 heavy (non-hydrogen) atoms. The van der Waals surface area contributed by atoms with E-state index in [4.69, 9.17) is 0 Å². The van der Waals surface area contributed by atoms with Crippen LogP contribution in [-0.4, -0.2) is 15.1 Å². The minimum absolute atomic E-state index is 0.260. The number of benzene rings is 1. The molecule has 1 aromatic rings. The van der Waals surface area contributed by atoms with Gasteiger partial charge in [0.25, 0.3) is 0 Å². The third kappa shape index (κ3) is 1.85. The number of nitrogens with one attached hydrogen (secondary N) is 2. The molecule has 1 aliphatic rings. The molecule has 1 aliphatic heterocycles. The number of sulfonamides is 1. The summed E-state index contributed by atoms with van der Waals surface area (Å²) in [6.07, 6.45) is 0. The van der Waals surface area contributed by atoms with Gasteiger partial charge in [-0.2, -0.15) is 4.72 Å². The van der Waals surface area contributed by atoms with E-state index in [-0.39, 0.29) is 6.67 Å². The second kappa shape index (κ2) is 3.50. The summed E-state index contributed by atoms with van der Waals surface area (Å²) in [5, 5.41) is 2.99. The zero-order valence-corrected chi connectivity index (χ0v) is 9.56. The van der Waals surface area contributed by atoms with E-state index in [1.54, 1.807) is 6.07 Å². The summed E-state index contributed by atoms with van der Waals surface area (Å²) in [6, 6.07) is 5.51. The average Bonchev–Trinajstić information content (AvgIpc) is 2.17. The van der Waals surface area contributed by atoms with Crippen LogP contribution in [0.4, 0.5) is 5.69 Å². The molecule has 0 saturated heterocycles. The number of hydrogen-bond donors (Lipinski definition) is 2. The molecule has 0 radical (unpaired) electrons. The first-order valence-electron chi connectivity index (χ1n) is 4.88. The van der Waals surface area contributed by atoms with E-state index >= 15 is 0 Å². The van der Waals surface area contributed by atoms with E-state index in [2.05, 4.69) is 10.0 Å². The van der Waals surface area contributed by atoms with Crippen molar-refractivity contribution in [2.24, 2.45) is 0 Å². The molecule has 0 aliphatic carbocycles. The predicted molar refractivity (Wildman–Crippen MR) is 59.3 cm³/mol. The van der Waals surface area contributed by atoms with E-state index < -0.39 is 10.0 Å². The summed E-state index contributed by atoms with van der Waals surface area (Å²) in [4.78, 5) is 0.347. The van der Waals surface area contributed by atoms with Gasteiger partial charge in [0.15, 0.2) is 0 Å². The lowest BCUT2D eigenvalue weighted by Crippen LogP contribution is -2.34. The van der Waals surface area contributed by atoms with Crippen molar-refractivity contribution in [1.82, 2.24) is 4.72 Å². The van der Waals surface area contributed by atoms with Crippen LogP contribution >= 0.6 is 0 Å². The average molecular weight is 226 g/mol. The number of fused-ring (bicyclic) bond motifs is 1. The van der Waals surface area contributed by atoms with Gasteiger partial charge in [0.1, 0.15) is 4.90 Å². The second-order valence-electron chi connectivity index (χ2n) is 3.91. The van der Waals surface area contributed by atoms with Crippen molar-refractivity contribution in [3.63, 3.8) is 0 Å². The minimum atomic E-state index is -3.31. The summed E-state index contributed by atoms with van der Waals surface area (Å²) >= 11 is 0. The van der Waals surface area contributed by atoms with E-state index in [0.717, 1.165) is 5.56 Å². The van der Waals surface area contributed by atoms with Crippen molar-refractivity contribution in [1.29, 1.82) is 0 Å². The molecular weight excluding hydrogens is 212 g/mol. The second-order valence-corrected chi connectivity index (χ2v) is 5.65. The number of anilines is 1. The Morgan fingerprint density at radius 3 is 2.73 bits per heavy atom. The highest BCUT2D eigenvalue weighted by molar-refractivity contribution is 7.89. The number of rotatable bonds is 1. The van der Waals surface area contributed by atoms with E-state index in [9.17, 15) is 8.42 Å². The molecule has 5 heteroatoms. The van der Waals surface area contributed by atoms with Gasteiger partial charge in [0.2, 0.25) is 10.0 Å². The molecule has 2 N–H and O–H groups in total. The van der Waals surface area contributed by atoms with Crippen LogP contribution in [0, 0.1) is 0 Å². The maximum Gasteiger partial charge on any atom is 0.244 e. The molecule has 2 rings (SSSR count). The molecule has 4 nitrogen and oxygen atoms in total. The van der Waals surface area contributed by atoms with Crippen LogP contribution in [0.25, 0.3) is 0 Å². The smallest absolute Gasteiger partial charge is 0.244 e. The molecule has 0 spiro atoms. The van der Waals surface area contributed by atoms with Gasteiger partial charge in [-0.3, -0.25) is 0 Å². The van der Waals surface area contributed by atoms with E-state index in [1.165, 1.54) is 0 Å². The van der Waals surface area contributed by atoms with Gasteiger partial charge < -0.3 is 5.32 Å². The Morgan fingerprint density at radius 2 is 2.07 bits per heavy atom. The summed E-state index contributed by atoms with van der Waals surface area (Å²) in [7, 11) is -3.31. The SMILES string of the molecule is CC(C)c1ccc2c(c1)S(=O)(=O)NCN2. The van der Waals surface area contributed by atoms with Crippen molar-refractivity contribution in [3.05, 3.63) is 23.8 Å². The van der Waals surface area contributed by atoms with E-state index in [0.29, 0.717) is 16.5 Å². The monoisotopic (exact) mass is 226 g/mol. The van der Waals surface area contributed by atoms with Crippen LogP contribution in [-0.2, 0) is 10.0 Å². The first-order valence-corrected chi connectivity index (χ1v) is 6.36. The first-order chi connectivity index (χ1) is 7.00. The van der Waals surface area contributed by atoms with Crippen LogP contribution in [0.1, 0.15) is 25.3 Å². The van der Waals surface area contributed by atoms with Gasteiger partial charge in [0, 0.05) is 0 Å². The molecule has 0 aromatic heterocycles. The Labute approximate surface area is 89.7 Å². The highest BCUT2D eigenvalue weighted by Gasteiger charge is 2.23. The topological polar surface area (TPSA) is 58.2 Å². The molecule has 0 saturated carbocycles. The maximum absolute atomic E-state index is 11.7. The van der Waals surface area contributed by atoms with Crippen LogP contribution in [0.2, 0.25) is 0 Å². The molecule has 0 atom stereocenters. The summed E-state index contributed by atoms with van der Waals surface area (Å²) in [6.45, 7) is 4.34. The van der Waals surface area contributed by atoms with Crippen molar-refractivity contribution >= 4 is 15.7 Å². The normalized spacial score (nSPS) is 18.3. The highest BCUT2D eigenvalue weighted by Crippen LogP contribution is 2.27. The fraction of sp³-hybridized carbons (Fsp3) is 0.400. The Morgan fingerprint density at radius 1 is 1.33 bits per heavy atom. The van der Waals surface area contributed by atoms with Crippen molar-refractivity contribution in [3.8, 4) is 0 Å². The zero-order valence-electron chi connectivity index (χ0n) is 8.74. The van der Waals surface area contributed by atoms with Gasteiger partial charge in [-0.15, -0.1) is 0 Å². The van der Waals surface area contributed by atoms with Crippen LogP contribution in [0.15, 0.2) is 23.1 Å². The van der Waals surface area contributed by atoms with E-state index in [1.807, 2.05) is 26.0 Å². The Kier molecular flexibility index (Phi) is 2.44. The summed E-state index contributed by atoms with van der Waals surface area (Å²) in [5.74, 6) is 0.326. The maximum atomic E-state index is 11.7. The van der Waals surface area contributed by atoms with Gasteiger partial charge in [0.05, 0.1) is 12.4 Å².